The number of hydrogen-bond donors (Lipinski definition) is 3. The number of aromatic nitrogens is 2. The molecule has 0 radical (unpaired) electrons. The molecule has 0 unspecified atom stereocenters. The Morgan fingerprint density at radius 1 is 1.20 bits per heavy atom. The van der Waals surface area contributed by atoms with Gasteiger partial charge in [-0.15, -0.1) is 0 Å². The van der Waals surface area contributed by atoms with Gasteiger partial charge in [0.05, 0.1) is 12.2 Å². The zero-order valence-corrected chi connectivity index (χ0v) is 17.8. The summed E-state index contributed by atoms with van der Waals surface area (Å²) in [7, 11) is 0. The molecule has 2 heterocycles. The first-order chi connectivity index (χ1) is 14.6. The van der Waals surface area contributed by atoms with Crippen LogP contribution in [0.2, 0.25) is 0 Å². The third-order valence-corrected chi connectivity index (χ3v) is 4.72. The number of H-pyrrole nitrogens is 1. The number of halogens is 1. The molecule has 1 amide bonds. The number of aryl methyl sites for hydroxylation is 1. The van der Waals surface area contributed by atoms with Crippen molar-refractivity contribution in [1.29, 1.82) is 0 Å². The Balaban J connectivity index is 0.000000224. The third kappa shape index (κ3) is 7.26. The van der Waals surface area contributed by atoms with Crippen LogP contribution >= 0.6 is 0 Å². The van der Waals surface area contributed by atoms with E-state index in [9.17, 15) is 14.0 Å². The van der Waals surface area contributed by atoms with Gasteiger partial charge in [0.2, 0.25) is 5.91 Å². The van der Waals surface area contributed by atoms with Crippen molar-refractivity contribution in [3.63, 3.8) is 0 Å². The van der Waals surface area contributed by atoms with Crippen molar-refractivity contribution in [1.82, 2.24) is 15.3 Å². The van der Waals surface area contributed by atoms with Crippen LogP contribution < -0.4 is 21.5 Å². The molecule has 0 spiro atoms. The lowest BCUT2D eigenvalue weighted by Crippen LogP contribution is -2.49. The van der Waals surface area contributed by atoms with Gasteiger partial charge in [0.1, 0.15) is 5.82 Å². The van der Waals surface area contributed by atoms with Crippen molar-refractivity contribution < 1.29 is 9.18 Å². The predicted octanol–water partition coefficient (Wildman–Crippen LogP) is 2.33. The first-order valence-electron chi connectivity index (χ1n) is 10.6. The van der Waals surface area contributed by atoms with E-state index >= 15 is 0 Å². The molecule has 1 aromatic carbocycles. The van der Waals surface area contributed by atoms with Crippen LogP contribution in [0.3, 0.4) is 0 Å². The van der Waals surface area contributed by atoms with Gasteiger partial charge >= 0.3 is 0 Å². The number of rotatable bonds is 5. The third-order valence-electron chi connectivity index (χ3n) is 4.72. The molecule has 8 heteroatoms. The predicted molar refractivity (Wildman–Crippen MR) is 117 cm³/mol. The zero-order valence-electron chi connectivity index (χ0n) is 17.8. The molecule has 2 aliphatic rings. The maximum absolute atomic E-state index is 12.4. The van der Waals surface area contributed by atoms with E-state index in [4.69, 9.17) is 5.73 Å². The van der Waals surface area contributed by atoms with E-state index in [-0.39, 0.29) is 23.8 Å². The summed E-state index contributed by atoms with van der Waals surface area (Å²) in [6.45, 7) is 5.90. The van der Waals surface area contributed by atoms with Crippen LogP contribution in [-0.4, -0.2) is 42.1 Å². The van der Waals surface area contributed by atoms with Crippen molar-refractivity contribution in [2.45, 2.75) is 45.4 Å². The lowest BCUT2D eigenvalue weighted by Gasteiger charge is -2.26. The van der Waals surface area contributed by atoms with Gasteiger partial charge in [0, 0.05) is 19.3 Å². The minimum atomic E-state index is -0.263. The molecule has 1 aromatic heterocycles. The summed E-state index contributed by atoms with van der Waals surface area (Å²) in [5, 5.41) is 2.71. The summed E-state index contributed by atoms with van der Waals surface area (Å²) in [6.07, 6.45) is 5.71. The van der Waals surface area contributed by atoms with E-state index in [2.05, 4.69) is 15.3 Å². The highest BCUT2D eigenvalue weighted by atomic mass is 19.1. The van der Waals surface area contributed by atoms with E-state index < -0.39 is 0 Å². The van der Waals surface area contributed by atoms with Crippen molar-refractivity contribution in [3.05, 3.63) is 57.9 Å². The summed E-state index contributed by atoms with van der Waals surface area (Å²) >= 11 is 0. The molecule has 1 aliphatic heterocycles. The molecule has 30 heavy (non-hydrogen) atoms. The fourth-order valence-corrected chi connectivity index (χ4v) is 3.03. The average Bonchev–Trinajstić information content (AvgIpc) is 3.61. The van der Waals surface area contributed by atoms with Gasteiger partial charge < -0.3 is 20.9 Å². The second-order valence-corrected chi connectivity index (χ2v) is 7.03. The summed E-state index contributed by atoms with van der Waals surface area (Å²) in [5.41, 5.74) is 7.27. The van der Waals surface area contributed by atoms with Gasteiger partial charge in [-0.2, -0.15) is 0 Å². The van der Waals surface area contributed by atoms with Crippen LogP contribution in [0.5, 0.6) is 0 Å². The second kappa shape index (κ2) is 12.1. The number of nitrogens with zero attached hydrogens (tertiary/aromatic N) is 2. The van der Waals surface area contributed by atoms with Gasteiger partial charge in [0.15, 0.2) is 5.82 Å². The number of nitrogens with one attached hydrogen (secondary N) is 2. The molecule has 7 nitrogen and oxygen atoms in total. The van der Waals surface area contributed by atoms with Crippen LogP contribution in [0, 0.1) is 5.82 Å². The standard InChI is InChI=1S/C11H17N5O2.C9H9F.C2H6/c12-3-1-2-8-6-14-11(18)10(15-8)16-5-4-13-9(17)7-16;10-9-5-3-8(4-6-9)7-1-2-7;1-2/h6H,1-5,7,12H2,(H,13,17)(H,14,18);3-7H,1-2H2;1-2H3. The first-order valence-corrected chi connectivity index (χ1v) is 10.6. The minimum Gasteiger partial charge on any atom is -0.353 e. The summed E-state index contributed by atoms with van der Waals surface area (Å²) in [5.74, 6) is 0.833. The number of piperazine rings is 1. The van der Waals surface area contributed by atoms with Crippen LogP contribution in [0.4, 0.5) is 10.2 Å². The number of amides is 1. The molecule has 1 saturated carbocycles. The molecule has 0 bridgehead atoms. The van der Waals surface area contributed by atoms with Crippen molar-refractivity contribution in [2.75, 3.05) is 31.1 Å². The van der Waals surface area contributed by atoms with E-state index in [1.807, 2.05) is 26.0 Å². The fourth-order valence-electron chi connectivity index (χ4n) is 3.03. The molecule has 2 aromatic rings. The molecule has 164 valence electrons. The quantitative estimate of drug-likeness (QED) is 0.693. The summed E-state index contributed by atoms with van der Waals surface area (Å²) in [6, 6.07) is 6.83. The van der Waals surface area contributed by atoms with Crippen LogP contribution in [0.1, 0.15) is 50.3 Å². The van der Waals surface area contributed by atoms with E-state index in [0.29, 0.717) is 25.5 Å². The van der Waals surface area contributed by atoms with Gasteiger partial charge in [0.25, 0.3) is 5.56 Å². The number of benzene rings is 1. The van der Waals surface area contributed by atoms with Gasteiger partial charge in [-0.1, -0.05) is 26.0 Å². The van der Waals surface area contributed by atoms with Gasteiger partial charge in [-0.3, -0.25) is 9.59 Å². The Morgan fingerprint density at radius 3 is 2.50 bits per heavy atom. The molecule has 1 saturated heterocycles. The Morgan fingerprint density at radius 2 is 1.90 bits per heavy atom. The molecular weight excluding hydrogens is 385 g/mol. The van der Waals surface area contributed by atoms with E-state index in [1.165, 1.54) is 30.5 Å². The highest BCUT2D eigenvalue weighted by Crippen LogP contribution is 2.39. The topological polar surface area (TPSA) is 104 Å². The SMILES string of the molecule is CC.Fc1ccc(C2CC2)cc1.NCCCc1c[nH]c(=O)c(N2CCNC(=O)C2)n1. The highest BCUT2D eigenvalue weighted by Gasteiger charge is 2.23. The summed E-state index contributed by atoms with van der Waals surface area (Å²) in [4.78, 5) is 31.7. The monoisotopic (exact) mass is 417 g/mol. The first kappa shape index (κ1) is 23.5. The van der Waals surface area contributed by atoms with Crippen molar-refractivity contribution >= 4 is 11.7 Å². The molecule has 4 rings (SSSR count). The summed E-state index contributed by atoms with van der Waals surface area (Å²) < 4.78 is 12.4. The number of carbonyl (C=O) groups excluding carboxylic acids is 1. The number of aromatic amines is 1. The Hall–Kier alpha value is -2.74. The van der Waals surface area contributed by atoms with Crippen molar-refractivity contribution in [3.8, 4) is 0 Å². The van der Waals surface area contributed by atoms with E-state index in [1.54, 1.807) is 11.1 Å². The molecule has 4 N–H and O–H groups in total. The number of hydrogen-bond acceptors (Lipinski definition) is 5. The molecule has 2 fully saturated rings. The average molecular weight is 418 g/mol. The molecular formula is C22H32FN5O2. The van der Waals surface area contributed by atoms with Crippen LogP contribution in [-0.2, 0) is 11.2 Å². The molecule has 1 aliphatic carbocycles. The number of carbonyl (C=O) groups is 1. The Bertz CT molecular complexity index is 849. The smallest absolute Gasteiger partial charge is 0.290 e. The lowest BCUT2D eigenvalue weighted by molar-refractivity contribution is -0.120. The maximum Gasteiger partial charge on any atom is 0.290 e. The Labute approximate surface area is 176 Å². The van der Waals surface area contributed by atoms with Crippen molar-refractivity contribution in [2.24, 2.45) is 5.73 Å². The normalized spacial score (nSPS) is 15.3. The lowest BCUT2D eigenvalue weighted by atomic mass is 10.1. The highest BCUT2D eigenvalue weighted by molar-refractivity contribution is 5.82. The number of nitrogens with two attached hydrogens (primary N) is 1. The number of anilines is 1. The van der Waals surface area contributed by atoms with Gasteiger partial charge in [-0.25, -0.2) is 9.37 Å². The Kier molecular flexibility index (Phi) is 9.47. The zero-order chi connectivity index (χ0) is 21.9. The molecule has 0 atom stereocenters. The largest absolute Gasteiger partial charge is 0.353 e. The van der Waals surface area contributed by atoms with Crippen LogP contribution in [0.25, 0.3) is 0 Å². The van der Waals surface area contributed by atoms with Gasteiger partial charge in [-0.05, 0) is 55.8 Å². The fraction of sp³-hybridized carbons (Fsp3) is 0.500. The second-order valence-electron chi connectivity index (χ2n) is 7.03. The van der Waals surface area contributed by atoms with E-state index in [0.717, 1.165) is 24.5 Å². The maximum atomic E-state index is 12.4. The minimum absolute atomic E-state index is 0.0881. The van der Waals surface area contributed by atoms with Crippen LogP contribution in [0.15, 0.2) is 35.3 Å².